The normalized spacial score (nSPS) is 10.3. The van der Waals surface area contributed by atoms with Crippen LogP contribution >= 0.6 is 0 Å². The van der Waals surface area contributed by atoms with E-state index in [9.17, 15) is 4.39 Å². The lowest BCUT2D eigenvalue weighted by atomic mass is 10.2. The molecule has 0 amide bonds. The lowest BCUT2D eigenvalue weighted by molar-refractivity contribution is 0.194. The van der Waals surface area contributed by atoms with Crippen molar-refractivity contribution >= 4 is 5.69 Å². The van der Waals surface area contributed by atoms with Crippen molar-refractivity contribution in [2.45, 2.75) is 19.8 Å². The highest BCUT2D eigenvalue weighted by Crippen LogP contribution is 2.15. The Balaban J connectivity index is 2.31. The number of hydrogen-bond acceptors (Lipinski definition) is 2. The quantitative estimate of drug-likeness (QED) is 0.730. The second-order valence-electron chi connectivity index (χ2n) is 3.59. The first-order chi connectivity index (χ1) is 7.24. The number of rotatable bonds is 6. The van der Waals surface area contributed by atoms with Crippen LogP contribution < -0.4 is 5.32 Å². The summed E-state index contributed by atoms with van der Waals surface area (Å²) in [6.45, 7) is 3.60. The summed E-state index contributed by atoms with van der Waals surface area (Å²) >= 11 is 0. The molecule has 0 aliphatic carbocycles. The van der Waals surface area contributed by atoms with Gasteiger partial charge in [0.15, 0.2) is 0 Å². The number of aryl methyl sites for hydroxylation is 1. The monoisotopic (exact) mass is 211 g/mol. The third kappa shape index (κ3) is 4.30. The summed E-state index contributed by atoms with van der Waals surface area (Å²) in [6, 6.07) is 4.79. The molecule has 0 radical (unpaired) electrons. The first kappa shape index (κ1) is 12.0. The standard InChI is InChI=1S/C12H18FNO/c1-10-9-11(13)5-6-12(10)14-7-3-4-8-15-2/h5-6,9,14H,3-4,7-8H2,1-2H3. The van der Waals surface area contributed by atoms with Gasteiger partial charge < -0.3 is 10.1 Å². The molecule has 15 heavy (non-hydrogen) atoms. The summed E-state index contributed by atoms with van der Waals surface area (Å²) in [7, 11) is 1.71. The Hall–Kier alpha value is -1.09. The van der Waals surface area contributed by atoms with Crippen LogP contribution in [0.1, 0.15) is 18.4 Å². The number of unbranched alkanes of at least 4 members (excludes halogenated alkanes) is 1. The Morgan fingerprint density at radius 2 is 2.13 bits per heavy atom. The van der Waals surface area contributed by atoms with E-state index in [4.69, 9.17) is 4.74 Å². The van der Waals surface area contributed by atoms with Crippen molar-refractivity contribution in [2.75, 3.05) is 25.6 Å². The molecule has 1 aromatic carbocycles. The molecule has 0 fully saturated rings. The van der Waals surface area contributed by atoms with Crippen LogP contribution in [0.3, 0.4) is 0 Å². The third-order valence-electron chi connectivity index (χ3n) is 2.28. The number of anilines is 1. The fraction of sp³-hybridized carbons (Fsp3) is 0.500. The molecule has 0 unspecified atom stereocenters. The second-order valence-corrected chi connectivity index (χ2v) is 3.59. The molecule has 0 heterocycles. The Bertz CT molecular complexity index is 302. The number of halogens is 1. The minimum atomic E-state index is -0.183. The molecule has 1 aromatic rings. The largest absolute Gasteiger partial charge is 0.385 e. The van der Waals surface area contributed by atoms with E-state index in [2.05, 4.69) is 5.32 Å². The zero-order chi connectivity index (χ0) is 11.1. The van der Waals surface area contributed by atoms with Gasteiger partial charge in [-0.25, -0.2) is 4.39 Å². The summed E-state index contributed by atoms with van der Waals surface area (Å²) in [6.07, 6.45) is 2.11. The topological polar surface area (TPSA) is 21.3 Å². The Labute approximate surface area is 90.4 Å². The summed E-state index contributed by atoms with van der Waals surface area (Å²) < 4.78 is 17.7. The van der Waals surface area contributed by atoms with Gasteiger partial charge in [0.1, 0.15) is 5.82 Å². The molecule has 0 aromatic heterocycles. The van der Waals surface area contributed by atoms with Crippen LogP contribution in [0, 0.1) is 12.7 Å². The molecule has 0 bridgehead atoms. The van der Waals surface area contributed by atoms with Crippen molar-refractivity contribution in [2.24, 2.45) is 0 Å². The number of nitrogens with one attached hydrogen (secondary N) is 1. The van der Waals surface area contributed by atoms with E-state index in [0.29, 0.717) is 0 Å². The fourth-order valence-corrected chi connectivity index (χ4v) is 1.42. The maximum Gasteiger partial charge on any atom is 0.123 e. The Morgan fingerprint density at radius 1 is 1.33 bits per heavy atom. The zero-order valence-corrected chi connectivity index (χ0v) is 9.35. The van der Waals surface area contributed by atoms with Crippen molar-refractivity contribution in [3.05, 3.63) is 29.6 Å². The van der Waals surface area contributed by atoms with Crippen molar-refractivity contribution in [1.29, 1.82) is 0 Å². The van der Waals surface area contributed by atoms with Gasteiger partial charge in [0.25, 0.3) is 0 Å². The molecule has 1 rings (SSSR count). The van der Waals surface area contributed by atoms with Gasteiger partial charge in [0, 0.05) is 25.9 Å². The minimum Gasteiger partial charge on any atom is -0.385 e. The van der Waals surface area contributed by atoms with Gasteiger partial charge in [-0.2, -0.15) is 0 Å². The van der Waals surface area contributed by atoms with E-state index in [-0.39, 0.29) is 5.82 Å². The first-order valence-electron chi connectivity index (χ1n) is 5.23. The van der Waals surface area contributed by atoms with Gasteiger partial charge >= 0.3 is 0 Å². The molecule has 2 nitrogen and oxygen atoms in total. The van der Waals surface area contributed by atoms with Crippen LogP contribution in [0.25, 0.3) is 0 Å². The van der Waals surface area contributed by atoms with E-state index in [1.165, 1.54) is 12.1 Å². The molecule has 0 aliphatic rings. The fourth-order valence-electron chi connectivity index (χ4n) is 1.42. The zero-order valence-electron chi connectivity index (χ0n) is 9.35. The van der Waals surface area contributed by atoms with Crippen LogP contribution in [-0.4, -0.2) is 20.3 Å². The van der Waals surface area contributed by atoms with Crippen LogP contribution in [0.15, 0.2) is 18.2 Å². The predicted octanol–water partition coefficient (Wildman–Crippen LogP) is 2.97. The lowest BCUT2D eigenvalue weighted by Gasteiger charge is -2.09. The van der Waals surface area contributed by atoms with Gasteiger partial charge in [-0.3, -0.25) is 0 Å². The number of methoxy groups -OCH3 is 1. The predicted molar refractivity (Wildman–Crippen MR) is 60.7 cm³/mol. The highest BCUT2D eigenvalue weighted by molar-refractivity contribution is 5.50. The number of hydrogen-bond donors (Lipinski definition) is 1. The van der Waals surface area contributed by atoms with Crippen molar-refractivity contribution in [3.63, 3.8) is 0 Å². The summed E-state index contributed by atoms with van der Waals surface area (Å²) in [4.78, 5) is 0. The average Bonchev–Trinajstić information content (AvgIpc) is 2.20. The number of ether oxygens (including phenoxy) is 1. The van der Waals surface area contributed by atoms with E-state index in [1.807, 2.05) is 6.92 Å². The highest BCUT2D eigenvalue weighted by Gasteiger charge is 1.98. The van der Waals surface area contributed by atoms with E-state index in [0.717, 1.165) is 37.2 Å². The number of benzene rings is 1. The Kier molecular flexibility index (Phi) is 5.12. The van der Waals surface area contributed by atoms with Crippen molar-refractivity contribution < 1.29 is 9.13 Å². The van der Waals surface area contributed by atoms with Crippen molar-refractivity contribution in [3.8, 4) is 0 Å². The van der Waals surface area contributed by atoms with Gasteiger partial charge in [-0.1, -0.05) is 0 Å². The smallest absolute Gasteiger partial charge is 0.123 e. The highest BCUT2D eigenvalue weighted by atomic mass is 19.1. The van der Waals surface area contributed by atoms with E-state index in [1.54, 1.807) is 13.2 Å². The summed E-state index contributed by atoms with van der Waals surface area (Å²) in [5.74, 6) is -0.183. The molecule has 0 atom stereocenters. The molecule has 84 valence electrons. The van der Waals surface area contributed by atoms with E-state index >= 15 is 0 Å². The van der Waals surface area contributed by atoms with Gasteiger partial charge in [-0.15, -0.1) is 0 Å². The second kappa shape index (κ2) is 6.40. The Morgan fingerprint density at radius 3 is 2.80 bits per heavy atom. The first-order valence-corrected chi connectivity index (χ1v) is 5.23. The van der Waals surface area contributed by atoms with Crippen LogP contribution in [-0.2, 0) is 4.74 Å². The molecule has 1 N–H and O–H groups in total. The van der Waals surface area contributed by atoms with Crippen LogP contribution in [0.5, 0.6) is 0 Å². The molecular weight excluding hydrogens is 193 g/mol. The SMILES string of the molecule is COCCCCNc1ccc(F)cc1C. The summed E-state index contributed by atoms with van der Waals surface area (Å²) in [5.41, 5.74) is 1.95. The van der Waals surface area contributed by atoms with Crippen LogP contribution in [0.4, 0.5) is 10.1 Å². The van der Waals surface area contributed by atoms with Gasteiger partial charge in [0.05, 0.1) is 0 Å². The molecular formula is C12H18FNO. The maximum atomic E-state index is 12.8. The molecule has 0 saturated heterocycles. The summed E-state index contributed by atoms with van der Waals surface area (Å²) in [5, 5.41) is 3.28. The average molecular weight is 211 g/mol. The van der Waals surface area contributed by atoms with Crippen LogP contribution in [0.2, 0.25) is 0 Å². The van der Waals surface area contributed by atoms with Gasteiger partial charge in [0.2, 0.25) is 0 Å². The van der Waals surface area contributed by atoms with E-state index < -0.39 is 0 Å². The molecule has 0 aliphatic heterocycles. The molecule has 0 spiro atoms. The minimum absolute atomic E-state index is 0.183. The third-order valence-corrected chi connectivity index (χ3v) is 2.28. The lowest BCUT2D eigenvalue weighted by Crippen LogP contribution is -2.04. The molecule has 3 heteroatoms. The molecule has 0 saturated carbocycles. The maximum absolute atomic E-state index is 12.8. The van der Waals surface area contributed by atoms with Crippen molar-refractivity contribution in [1.82, 2.24) is 0 Å². The van der Waals surface area contributed by atoms with Gasteiger partial charge in [-0.05, 0) is 43.5 Å².